The Balaban J connectivity index is 1.52. The molecule has 4 nitrogen and oxygen atoms in total. The second-order valence-corrected chi connectivity index (χ2v) is 9.30. The lowest BCUT2D eigenvalue weighted by Gasteiger charge is -2.07. The molecule has 0 bridgehead atoms. The first-order valence-corrected chi connectivity index (χ1v) is 12.0. The van der Waals surface area contributed by atoms with E-state index in [-0.39, 0.29) is 5.91 Å². The first kappa shape index (κ1) is 23.8. The summed E-state index contributed by atoms with van der Waals surface area (Å²) in [5, 5.41) is 3.30. The van der Waals surface area contributed by atoms with Gasteiger partial charge >= 0.3 is 0 Å². The molecule has 0 unspecified atom stereocenters. The summed E-state index contributed by atoms with van der Waals surface area (Å²) in [5.41, 5.74) is 6.27. The number of halogens is 1. The third-order valence-electron chi connectivity index (χ3n) is 6.09. The fourth-order valence-corrected chi connectivity index (χ4v) is 3.87. The van der Waals surface area contributed by atoms with Crippen LogP contribution in [0.25, 0.3) is 28.6 Å². The summed E-state index contributed by atoms with van der Waals surface area (Å²) in [6.07, 6.45) is 4.35. The van der Waals surface area contributed by atoms with Crippen molar-refractivity contribution in [3.8, 4) is 11.5 Å². The van der Waals surface area contributed by atoms with Crippen LogP contribution in [0.4, 0.5) is 5.69 Å². The number of rotatable bonds is 7. The highest BCUT2D eigenvalue weighted by Crippen LogP contribution is 2.32. The highest BCUT2D eigenvalue weighted by Gasteiger charge is 2.13. The van der Waals surface area contributed by atoms with Gasteiger partial charge in [-0.3, -0.25) is 4.79 Å². The molecule has 4 aromatic rings. The third-order valence-corrected chi connectivity index (χ3v) is 6.42. The second kappa shape index (κ2) is 10.3. The van der Waals surface area contributed by atoms with Gasteiger partial charge in [-0.15, -0.1) is 0 Å². The Morgan fingerprint density at radius 2 is 1.76 bits per heavy atom. The normalized spacial score (nSPS) is 12.5. The number of benzene rings is 3. The van der Waals surface area contributed by atoms with Crippen LogP contribution in [0, 0.1) is 0 Å². The van der Waals surface area contributed by atoms with Gasteiger partial charge < -0.3 is 9.73 Å². The van der Waals surface area contributed by atoms with Crippen molar-refractivity contribution in [2.75, 3.05) is 5.32 Å². The van der Waals surface area contributed by atoms with Crippen molar-refractivity contribution in [2.45, 2.75) is 46.0 Å². The predicted octanol–water partition coefficient (Wildman–Crippen LogP) is 8.44. The summed E-state index contributed by atoms with van der Waals surface area (Å²) in [7, 11) is 0. The van der Waals surface area contributed by atoms with E-state index in [0.717, 1.165) is 28.6 Å². The fraction of sp³-hybridized carbons (Fsp3) is 0.241. The Morgan fingerprint density at radius 1 is 1.03 bits per heavy atom. The molecule has 0 saturated heterocycles. The summed E-state index contributed by atoms with van der Waals surface area (Å²) < 4.78 is 5.97. The first-order valence-electron chi connectivity index (χ1n) is 11.6. The Labute approximate surface area is 205 Å². The van der Waals surface area contributed by atoms with Gasteiger partial charge in [0.1, 0.15) is 5.52 Å². The Morgan fingerprint density at radius 3 is 2.47 bits per heavy atom. The summed E-state index contributed by atoms with van der Waals surface area (Å²) >= 11 is 6.35. The minimum absolute atomic E-state index is 0.261. The van der Waals surface area contributed by atoms with E-state index < -0.39 is 0 Å². The number of carbonyl (C=O) groups excluding carboxylic acids is 1. The maximum atomic E-state index is 12.5. The van der Waals surface area contributed by atoms with E-state index in [1.54, 1.807) is 18.2 Å². The Kier molecular flexibility index (Phi) is 7.18. The Hall–Kier alpha value is -3.37. The standard InChI is InChI=1S/C29H29ClN2O2/c1-5-19(4)22-12-14-27-26(16-22)32-29(34-27)23-11-13-24(30)25(17-23)31-28(33)15-8-20-6-9-21(10-7-20)18(2)3/h6-19H,5H2,1-4H3,(H,31,33)/b15-8+/t19-/m0/s1. The number of hydrogen-bond donors (Lipinski definition) is 1. The number of carbonyl (C=O) groups is 1. The van der Waals surface area contributed by atoms with Crippen LogP contribution in [0.5, 0.6) is 0 Å². The molecule has 1 amide bonds. The summed E-state index contributed by atoms with van der Waals surface area (Å²) in [4.78, 5) is 17.2. The number of hydrogen-bond acceptors (Lipinski definition) is 3. The molecule has 1 heterocycles. The molecule has 174 valence electrons. The van der Waals surface area contributed by atoms with Crippen LogP contribution in [-0.4, -0.2) is 10.9 Å². The van der Waals surface area contributed by atoms with Crippen LogP contribution < -0.4 is 5.32 Å². The molecule has 0 spiro atoms. The minimum Gasteiger partial charge on any atom is -0.436 e. The number of amides is 1. The van der Waals surface area contributed by atoms with Gasteiger partial charge in [-0.05, 0) is 71.4 Å². The van der Waals surface area contributed by atoms with E-state index >= 15 is 0 Å². The molecule has 5 heteroatoms. The molecule has 0 radical (unpaired) electrons. The molecule has 1 N–H and O–H groups in total. The Bertz CT molecular complexity index is 1340. The number of oxazole rings is 1. The zero-order valence-electron chi connectivity index (χ0n) is 19.9. The molecule has 0 aliphatic carbocycles. The fourth-order valence-electron chi connectivity index (χ4n) is 3.70. The second-order valence-electron chi connectivity index (χ2n) is 8.89. The number of nitrogens with zero attached hydrogens (tertiary/aromatic N) is 1. The number of aromatic nitrogens is 1. The third kappa shape index (κ3) is 5.40. The van der Waals surface area contributed by atoms with E-state index in [0.29, 0.717) is 28.4 Å². The van der Waals surface area contributed by atoms with E-state index in [2.05, 4.69) is 62.3 Å². The van der Waals surface area contributed by atoms with Gasteiger partial charge in [0.25, 0.3) is 0 Å². The predicted molar refractivity (Wildman–Crippen MR) is 141 cm³/mol. The van der Waals surface area contributed by atoms with E-state index in [1.165, 1.54) is 17.2 Å². The monoisotopic (exact) mass is 472 g/mol. The summed E-state index contributed by atoms with van der Waals surface area (Å²) in [6, 6.07) is 19.7. The zero-order valence-corrected chi connectivity index (χ0v) is 20.7. The lowest BCUT2D eigenvalue weighted by Crippen LogP contribution is -2.08. The highest BCUT2D eigenvalue weighted by molar-refractivity contribution is 6.34. The van der Waals surface area contributed by atoms with Gasteiger partial charge in [0.2, 0.25) is 11.8 Å². The van der Waals surface area contributed by atoms with Crippen LogP contribution in [0.2, 0.25) is 5.02 Å². The van der Waals surface area contributed by atoms with Crippen molar-refractivity contribution in [3.05, 3.63) is 88.5 Å². The molecule has 1 aromatic heterocycles. The quantitative estimate of drug-likeness (QED) is 0.274. The maximum absolute atomic E-state index is 12.5. The molecule has 34 heavy (non-hydrogen) atoms. The topological polar surface area (TPSA) is 55.1 Å². The lowest BCUT2D eigenvalue weighted by atomic mass is 9.98. The molecule has 4 rings (SSSR count). The van der Waals surface area contributed by atoms with Gasteiger partial charge in [-0.2, -0.15) is 0 Å². The highest BCUT2D eigenvalue weighted by atomic mass is 35.5. The van der Waals surface area contributed by atoms with Crippen molar-refractivity contribution in [1.82, 2.24) is 4.98 Å². The SMILES string of the molecule is CC[C@H](C)c1ccc2oc(-c3ccc(Cl)c(NC(=O)/C=C/c4ccc(C(C)C)cc4)c3)nc2c1. The zero-order chi connectivity index (χ0) is 24.2. The van der Waals surface area contributed by atoms with Crippen molar-refractivity contribution >= 4 is 40.4 Å². The van der Waals surface area contributed by atoms with Gasteiger partial charge in [0, 0.05) is 11.6 Å². The molecule has 3 aromatic carbocycles. The molecular formula is C29H29ClN2O2. The number of nitrogens with one attached hydrogen (secondary N) is 1. The average molecular weight is 473 g/mol. The number of anilines is 1. The largest absolute Gasteiger partial charge is 0.436 e. The van der Waals surface area contributed by atoms with Crippen molar-refractivity contribution in [2.24, 2.45) is 0 Å². The van der Waals surface area contributed by atoms with Gasteiger partial charge in [-0.1, -0.05) is 69.6 Å². The van der Waals surface area contributed by atoms with Crippen molar-refractivity contribution in [3.63, 3.8) is 0 Å². The van der Waals surface area contributed by atoms with Crippen molar-refractivity contribution in [1.29, 1.82) is 0 Å². The van der Waals surface area contributed by atoms with Gasteiger partial charge in [0.05, 0.1) is 10.7 Å². The van der Waals surface area contributed by atoms with Crippen LogP contribution in [0.3, 0.4) is 0 Å². The van der Waals surface area contributed by atoms with Crippen LogP contribution >= 0.6 is 11.6 Å². The van der Waals surface area contributed by atoms with Gasteiger partial charge in [-0.25, -0.2) is 4.98 Å². The molecule has 0 fully saturated rings. The first-order chi connectivity index (χ1) is 16.3. The molecule has 0 aliphatic rings. The van der Waals surface area contributed by atoms with Gasteiger partial charge in [0.15, 0.2) is 5.58 Å². The smallest absolute Gasteiger partial charge is 0.248 e. The van der Waals surface area contributed by atoms with Crippen LogP contribution in [0.1, 0.15) is 62.6 Å². The van der Waals surface area contributed by atoms with E-state index in [1.807, 2.05) is 24.3 Å². The van der Waals surface area contributed by atoms with Crippen molar-refractivity contribution < 1.29 is 9.21 Å². The minimum atomic E-state index is -0.261. The summed E-state index contributed by atoms with van der Waals surface area (Å²) in [5.74, 6) is 1.16. The van der Waals surface area contributed by atoms with Crippen LogP contribution in [0.15, 0.2) is 71.2 Å². The lowest BCUT2D eigenvalue weighted by molar-refractivity contribution is -0.111. The molecule has 0 saturated carbocycles. The van der Waals surface area contributed by atoms with Crippen LogP contribution in [-0.2, 0) is 4.79 Å². The van der Waals surface area contributed by atoms with E-state index in [9.17, 15) is 4.79 Å². The maximum Gasteiger partial charge on any atom is 0.248 e. The molecular weight excluding hydrogens is 444 g/mol. The van der Waals surface area contributed by atoms with E-state index in [4.69, 9.17) is 16.0 Å². The molecule has 1 atom stereocenters. The average Bonchev–Trinajstić information content (AvgIpc) is 3.27. The molecule has 0 aliphatic heterocycles. The summed E-state index contributed by atoms with van der Waals surface area (Å²) in [6.45, 7) is 8.68. The number of fused-ring (bicyclic) bond motifs is 1.